The molecule has 0 atom stereocenters. The summed E-state index contributed by atoms with van der Waals surface area (Å²) in [7, 11) is 1.79. The number of hydrogen-bond donors (Lipinski definition) is 2. The summed E-state index contributed by atoms with van der Waals surface area (Å²) >= 11 is 7.56. The number of halogens is 1. The molecule has 0 bridgehead atoms. The second-order valence-corrected chi connectivity index (χ2v) is 7.67. The Bertz CT molecular complexity index is 490. The van der Waals surface area contributed by atoms with Gasteiger partial charge in [-0.1, -0.05) is 11.6 Å². The van der Waals surface area contributed by atoms with Gasteiger partial charge in [-0.25, -0.2) is 0 Å². The van der Waals surface area contributed by atoms with Gasteiger partial charge in [0.25, 0.3) is 0 Å². The Morgan fingerprint density at radius 3 is 2.83 bits per heavy atom. The van der Waals surface area contributed by atoms with Crippen molar-refractivity contribution in [1.29, 1.82) is 0 Å². The minimum atomic E-state index is 0.673. The number of nitrogens with one attached hydrogen (secondary N) is 2. The Morgan fingerprint density at radius 2 is 2.12 bits per heavy atom. The quantitative estimate of drug-likeness (QED) is 0.397. The first-order valence-corrected chi connectivity index (χ1v) is 9.81. The van der Waals surface area contributed by atoms with Gasteiger partial charge in [-0.2, -0.15) is 0 Å². The van der Waals surface area contributed by atoms with Gasteiger partial charge in [-0.05, 0) is 43.7 Å². The van der Waals surface area contributed by atoms with E-state index in [0.29, 0.717) is 5.92 Å². The van der Waals surface area contributed by atoms with Crippen molar-refractivity contribution in [3.05, 3.63) is 21.3 Å². The van der Waals surface area contributed by atoms with Gasteiger partial charge in [0.15, 0.2) is 5.96 Å². The number of ether oxygens (including phenoxy) is 2. The first kappa shape index (κ1) is 19.5. The van der Waals surface area contributed by atoms with E-state index < -0.39 is 0 Å². The Hall–Kier alpha value is -0.820. The number of nitrogens with zero attached hydrogens (tertiary/aromatic N) is 1. The molecule has 2 heterocycles. The molecule has 1 aromatic rings. The van der Waals surface area contributed by atoms with Crippen LogP contribution in [0.15, 0.2) is 17.1 Å². The van der Waals surface area contributed by atoms with Gasteiger partial charge in [0.05, 0.1) is 4.34 Å². The van der Waals surface area contributed by atoms with Gasteiger partial charge in [0, 0.05) is 51.4 Å². The van der Waals surface area contributed by atoms with E-state index in [1.54, 1.807) is 18.4 Å². The molecule has 2 rings (SSSR count). The summed E-state index contributed by atoms with van der Waals surface area (Å²) in [4.78, 5) is 5.51. The van der Waals surface area contributed by atoms with E-state index in [2.05, 4.69) is 21.7 Å². The van der Waals surface area contributed by atoms with Crippen LogP contribution in [-0.4, -0.2) is 52.5 Å². The molecule has 0 radical (unpaired) electrons. The summed E-state index contributed by atoms with van der Waals surface area (Å²) in [6.07, 6.45) is 4.19. The Balaban J connectivity index is 1.47. The minimum Gasteiger partial charge on any atom is -0.381 e. The first-order valence-electron chi connectivity index (χ1n) is 8.62. The van der Waals surface area contributed by atoms with Crippen molar-refractivity contribution in [2.45, 2.75) is 25.7 Å². The van der Waals surface area contributed by atoms with Crippen molar-refractivity contribution in [2.75, 3.05) is 46.6 Å². The maximum absolute atomic E-state index is 5.93. The highest BCUT2D eigenvalue weighted by Gasteiger charge is 2.13. The molecule has 0 aromatic carbocycles. The monoisotopic (exact) mass is 373 g/mol. The van der Waals surface area contributed by atoms with Crippen LogP contribution in [0.3, 0.4) is 0 Å². The fraction of sp³-hybridized carbons (Fsp3) is 0.706. The van der Waals surface area contributed by atoms with E-state index in [9.17, 15) is 0 Å². The SMILES string of the molecule is CN=C(NCCCOCC1CCOCC1)NCCc1ccc(Cl)s1. The van der Waals surface area contributed by atoms with E-state index in [4.69, 9.17) is 21.1 Å². The average Bonchev–Trinajstić information content (AvgIpc) is 3.02. The summed E-state index contributed by atoms with van der Waals surface area (Å²) in [5.41, 5.74) is 0. The maximum atomic E-state index is 5.93. The van der Waals surface area contributed by atoms with Crippen LogP contribution in [0, 0.1) is 5.92 Å². The topological polar surface area (TPSA) is 54.9 Å². The fourth-order valence-electron chi connectivity index (χ4n) is 2.55. The minimum absolute atomic E-state index is 0.673. The smallest absolute Gasteiger partial charge is 0.190 e. The van der Waals surface area contributed by atoms with Crippen LogP contribution in [0.2, 0.25) is 4.34 Å². The van der Waals surface area contributed by atoms with Crippen molar-refractivity contribution < 1.29 is 9.47 Å². The van der Waals surface area contributed by atoms with Crippen LogP contribution >= 0.6 is 22.9 Å². The van der Waals surface area contributed by atoms with Crippen LogP contribution in [0.5, 0.6) is 0 Å². The molecule has 5 nitrogen and oxygen atoms in total. The van der Waals surface area contributed by atoms with Crippen molar-refractivity contribution in [3.8, 4) is 0 Å². The lowest BCUT2D eigenvalue weighted by Gasteiger charge is -2.21. The second kappa shape index (κ2) is 11.7. The Morgan fingerprint density at radius 1 is 1.33 bits per heavy atom. The van der Waals surface area contributed by atoms with Gasteiger partial charge in [-0.3, -0.25) is 4.99 Å². The van der Waals surface area contributed by atoms with Crippen LogP contribution in [0.1, 0.15) is 24.1 Å². The summed E-state index contributed by atoms with van der Waals surface area (Å²) in [6, 6.07) is 4.01. The van der Waals surface area contributed by atoms with Gasteiger partial charge < -0.3 is 20.1 Å². The molecule has 1 aromatic heterocycles. The zero-order valence-electron chi connectivity index (χ0n) is 14.4. The van der Waals surface area contributed by atoms with Gasteiger partial charge in [-0.15, -0.1) is 11.3 Å². The molecule has 0 aliphatic carbocycles. The van der Waals surface area contributed by atoms with Crippen LogP contribution in [0.4, 0.5) is 0 Å². The average molecular weight is 374 g/mol. The number of guanidine groups is 1. The van der Waals surface area contributed by atoms with Crippen LogP contribution in [-0.2, 0) is 15.9 Å². The lowest BCUT2D eigenvalue weighted by Crippen LogP contribution is -2.39. The van der Waals surface area contributed by atoms with E-state index in [1.807, 2.05) is 6.07 Å². The standard InChI is InChI=1S/C17H28ClN3O2S/c1-19-17(21-9-5-15-3-4-16(18)24-15)20-8-2-10-23-13-14-6-11-22-12-7-14/h3-4,14H,2,5-13H2,1H3,(H2,19,20,21). The van der Waals surface area contributed by atoms with E-state index in [1.165, 1.54) is 4.88 Å². The predicted molar refractivity (Wildman–Crippen MR) is 101 cm³/mol. The Labute approximate surface area is 153 Å². The predicted octanol–water partition coefficient (Wildman–Crippen LogP) is 2.94. The van der Waals surface area contributed by atoms with E-state index in [0.717, 1.165) is 75.5 Å². The lowest BCUT2D eigenvalue weighted by molar-refractivity contribution is 0.0203. The molecule has 1 saturated heterocycles. The third kappa shape index (κ3) is 7.83. The zero-order chi connectivity index (χ0) is 17.0. The molecular formula is C17H28ClN3O2S. The van der Waals surface area contributed by atoms with Crippen molar-refractivity contribution in [1.82, 2.24) is 10.6 Å². The number of rotatable bonds is 9. The molecule has 2 N–H and O–H groups in total. The van der Waals surface area contributed by atoms with Crippen LogP contribution < -0.4 is 10.6 Å². The lowest BCUT2D eigenvalue weighted by atomic mass is 10.0. The summed E-state index contributed by atoms with van der Waals surface area (Å²) in [5, 5.41) is 6.63. The molecule has 1 aliphatic rings. The highest BCUT2D eigenvalue weighted by Crippen LogP contribution is 2.21. The first-order chi connectivity index (χ1) is 11.8. The van der Waals surface area contributed by atoms with Gasteiger partial charge >= 0.3 is 0 Å². The van der Waals surface area contributed by atoms with Crippen molar-refractivity contribution in [3.63, 3.8) is 0 Å². The molecule has 0 spiro atoms. The number of hydrogen-bond acceptors (Lipinski definition) is 4. The normalized spacial score (nSPS) is 16.3. The third-order valence-electron chi connectivity index (χ3n) is 3.97. The molecule has 0 unspecified atom stereocenters. The Kier molecular flexibility index (Phi) is 9.50. The van der Waals surface area contributed by atoms with E-state index >= 15 is 0 Å². The molecule has 136 valence electrons. The molecule has 7 heteroatoms. The van der Waals surface area contributed by atoms with Crippen molar-refractivity contribution in [2.24, 2.45) is 10.9 Å². The summed E-state index contributed by atoms with van der Waals surface area (Å²) in [6.45, 7) is 5.12. The molecule has 1 fully saturated rings. The highest BCUT2D eigenvalue weighted by molar-refractivity contribution is 7.16. The molecule has 0 amide bonds. The number of thiophene rings is 1. The van der Waals surface area contributed by atoms with Gasteiger partial charge in [0.2, 0.25) is 0 Å². The molecule has 24 heavy (non-hydrogen) atoms. The maximum Gasteiger partial charge on any atom is 0.190 e. The number of aliphatic imine (C=N–C) groups is 1. The zero-order valence-corrected chi connectivity index (χ0v) is 15.9. The molecule has 0 saturated carbocycles. The molecule has 1 aliphatic heterocycles. The molecular weight excluding hydrogens is 346 g/mol. The summed E-state index contributed by atoms with van der Waals surface area (Å²) in [5.74, 6) is 1.51. The highest BCUT2D eigenvalue weighted by atomic mass is 35.5. The van der Waals surface area contributed by atoms with E-state index in [-0.39, 0.29) is 0 Å². The second-order valence-electron chi connectivity index (χ2n) is 5.87. The van der Waals surface area contributed by atoms with Crippen LogP contribution in [0.25, 0.3) is 0 Å². The third-order valence-corrected chi connectivity index (χ3v) is 5.26. The fourth-order valence-corrected chi connectivity index (χ4v) is 3.64. The van der Waals surface area contributed by atoms with Crippen molar-refractivity contribution >= 4 is 28.9 Å². The van der Waals surface area contributed by atoms with Gasteiger partial charge in [0.1, 0.15) is 0 Å². The summed E-state index contributed by atoms with van der Waals surface area (Å²) < 4.78 is 12.0. The largest absolute Gasteiger partial charge is 0.381 e.